The minimum atomic E-state index is -0.0176. The molecule has 0 saturated carbocycles. The minimum absolute atomic E-state index is 0.0176. The predicted octanol–water partition coefficient (Wildman–Crippen LogP) is 6.19. The summed E-state index contributed by atoms with van der Waals surface area (Å²) in [6, 6.07) is 9.86. The second-order valence-electron chi connectivity index (χ2n) is 7.33. The Morgan fingerprint density at radius 3 is 2.34 bits per heavy atom. The van der Waals surface area contributed by atoms with E-state index in [-0.39, 0.29) is 5.41 Å². The van der Waals surface area contributed by atoms with Crippen molar-refractivity contribution in [2.45, 2.75) is 32.3 Å². The van der Waals surface area contributed by atoms with Crippen molar-refractivity contribution in [3.63, 3.8) is 0 Å². The van der Waals surface area contributed by atoms with E-state index in [2.05, 4.69) is 54.9 Å². The number of aromatic nitrogens is 2. The summed E-state index contributed by atoms with van der Waals surface area (Å²) in [7, 11) is 3.15. The first-order valence-corrected chi connectivity index (χ1v) is 10.9. The Bertz CT molecular complexity index is 944. The van der Waals surface area contributed by atoms with Crippen LogP contribution in [0, 0.1) is 12.3 Å². The second kappa shape index (κ2) is 9.05. The van der Waals surface area contributed by atoms with E-state index in [0.717, 1.165) is 27.6 Å². The van der Waals surface area contributed by atoms with Crippen LogP contribution < -0.4 is 9.47 Å². The summed E-state index contributed by atoms with van der Waals surface area (Å²) in [5.41, 5.74) is 3.27. The fraction of sp³-hybridized carbons (Fsp3) is 0.318. The van der Waals surface area contributed by atoms with Gasteiger partial charge < -0.3 is 9.47 Å². The Morgan fingerprint density at radius 2 is 1.76 bits per heavy atom. The molecule has 0 radical (unpaired) electrons. The monoisotopic (exact) mass is 427 g/mol. The number of hydrogen-bond donors (Lipinski definition) is 0. The van der Waals surface area contributed by atoms with Gasteiger partial charge in [0.1, 0.15) is 5.04 Å². The maximum absolute atomic E-state index is 5.24. The number of aliphatic imine (C=N–C) groups is 1. The van der Waals surface area contributed by atoms with Crippen LogP contribution in [0.1, 0.15) is 25.8 Å². The molecule has 1 aliphatic rings. The maximum Gasteiger partial charge on any atom is 0.220 e. The Hall–Kier alpha value is -2.25. The van der Waals surface area contributed by atoms with E-state index in [4.69, 9.17) is 14.5 Å². The lowest BCUT2D eigenvalue weighted by molar-refractivity contribution is 0.364. The zero-order valence-electron chi connectivity index (χ0n) is 17.4. The molecule has 2 aromatic rings. The molecule has 1 aliphatic heterocycles. The molecule has 3 rings (SSSR count). The Balaban J connectivity index is 1.94. The molecule has 0 amide bonds. The highest BCUT2D eigenvalue weighted by molar-refractivity contribution is 8.17. The zero-order chi connectivity index (χ0) is 21.0. The van der Waals surface area contributed by atoms with Crippen LogP contribution >= 0.6 is 23.5 Å². The molecule has 0 N–H and O–H groups in total. The third-order valence-electron chi connectivity index (χ3n) is 4.53. The van der Waals surface area contributed by atoms with E-state index in [0.29, 0.717) is 16.9 Å². The highest BCUT2D eigenvalue weighted by Crippen LogP contribution is 2.47. The standard InChI is InChI=1S/C22H25N3O2S2/c1-14-7-9-17(10-8-14)23-20-16(12-22(3,4)15(2)29-20)13-28-21-24-18(26-5)11-19(25-21)27-6/h7-11,13H,2,12H2,1,3-6H3/b16-13+,23-20-. The number of nitrogens with zero attached hydrogens (tertiary/aromatic N) is 3. The maximum atomic E-state index is 5.24. The van der Waals surface area contributed by atoms with Crippen LogP contribution in [0.4, 0.5) is 5.69 Å². The highest BCUT2D eigenvalue weighted by atomic mass is 32.2. The Labute approximate surface area is 180 Å². The molecule has 1 saturated heterocycles. The zero-order valence-corrected chi connectivity index (χ0v) is 19.0. The topological polar surface area (TPSA) is 56.6 Å². The van der Waals surface area contributed by atoms with Crippen molar-refractivity contribution in [2.24, 2.45) is 10.4 Å². The van der Waals surface area contributed by atoms with Crippen LogP contribution in [0.2, 0.25) is 0 Å². The number of thioether (sulfide) groups is 2. The van der Waals surface area contributed by atoms with E-state index >= 15 is 0 Å². The molecule has 5 nitrogen and oxygen atoms in total. The molecule has 29 heavy (non-hydrogen) atoms. The van der Waals surface area contributed by atoms with Gasteiger partial charge in [-0.2, -0.15) is 9.97 Å². The van der Waals surface area contributed by atoms with Gasteiger partial charge in [-0.25, -0.2) is 4.99 Å². The van der Waals surface area contributed by atoms with E-state index in [1.54, 1.807) is 32.0 Å². The summed E-state index contributed by atoms with van der Waals surface area (Å²) in [6.45, 7) is 10.7. The van der Waals surface area contributed by atoms with E-state index < -0.39 is 0 Å². The molecule has 0 unspecified atom stereocenters. The Morgan fingerprint density at radius 1 is 1.14 bits per heavy atom. The molecule has 1 aromatic heterocycles. The fourth-order valence-corrected chi connectivity index (χ4v) is 4.46. The smallest absolute Gasteiger partial charge is 0.220 e. The number of hydrogen-bond acceptors (Lipinski definition) is 7. The van der Waals surface area contributed by atoms with Crippen LogP contribution in [0.3, 0.4) is 0 Å². The minimum Gasteiger partial charge on any atom is -0.481 e. The highest BCUT2D eigenvalue weighted by Gasteiger charge is 2.32. The van der Waals surface area contributed by atoms with E-state index in [9.17, 15) is 0 Å². The largest absolute Gasteiger partial charge is 0.481 e. The van der Waals surface area contributed by atoms with Gasteiger partial charge in [0.15, 0.2) is 5.16 Å². The van der Waals surface area contributed by atoms with Gasteiger partial charge in [0.2, 0.25) is 11.8 Å². The second-order valence-corrected chi connectivity index (χ2v) is 9.25. The number of benzene rings is 1. The Kier molecular flexibility index (Phi) is 6.70. The van der Waals surface area contributed by atoms with Crippen molar-refractivity contribution >= 4 is 34.3 Å². The normalized spacial score (nSPS) is 18.9. The number of ether oxygens (including phenoxy) is 2. The van der Waals surface area contributed by atoms with Gasteiger partial charge in [-0.3, -0.25) is 0 Å². The molecule has 7 heteroatoms. The first-order chi connectivity index (χ1) is 13.8. The lowest BCUT2D eigenvalue weighted by atomic mass is 9.85. The molecule has 0 atom stereocenters. The summed E-state index contributed by atoms with van der Waals surface area (Å²) in [6.07, 6.45) is 0.845. The molecule has 2 heterocycles. The average molecular weight is 428 g/mol. The molecule has 0 bridgehead atoms. The summed E-state index contributed by atoms with van der Waals surface area (Å²) in [4.78, 5) is 14.8. The van der Waals surface area contributed by atoms with Crippen molar-refractivity contribution in [2.75, 3.05) is 14.2 Å². The average Bonchev–Trinajstić information content (AvgIpc) is 2.70. The van der Waals surface area contributed by atoms with Crippen molar-refractivity contribution in [1.82, 2.24) is 9.97 Å². The molecule has 0 aliphatic carbocycles. The molecule has 1 fully saturated rings. The van der Waals surface area contributed by atoms with Gasteiger partial charge in [-0.05, 0) is 46.8 Å². The number of methoxy groups -OCH3 is 2. The van der Waals surface area contributed by atoms with Crippen molar-refractivity contribution in [3.8, 4) is 11.8 Å². The summed E-state index contributed by atoms with van der Waals surface area (Å²) < 4.78 is 10.5. The third kappa shape index (κ3) is 5.42. The van der Waals surface area contributed by atoms with Crippen molar-refractivity contribution in [3.05, 3.63) is 58.4 Å². The molecular weight excluding hydrogens is 402 g/mol. The van der Waals surface area contributed by atoms with Crippen LogP contribution in [-0.2, 0) is 0 Å². The number of rotatable bonds is 5. The van der Waals surface area contributed by atoms with Crippen molar-refractivity contribution < 1.29 is 9.47 Å². The van der Waals surface area contributed by atoms with Gasteiger partial charge >= 0.3 is 0 Å². The van der Waals surface area contributed by atoms with E-state index in [1.165, 1.54) is 17.3 Å². The molecule has 0 spiro atoms. The van der Waals surface area contributed by atoms with Gasteiger partial charge in [0.05, 0.1) is 26.0 Å². The van der Waals surface area contributed by atoms with Gasteiger partial charge in [-0.1, -0.05) is 61.6 Å². The fourth-order valence-electron chi connectivity index (χ4n) is 2.66. The van der Waals surface area contributed by atoms with Gasteiger partial charge in [0, 0.05) is 0 Å². The molecule has 152 valence electrons. The van der Waals surface area contributed by atoms with Crippen LogP contribution in [0.25, 0.3) is 0 Å². The lowest BCUT2D eigenvalue weighted by Gasteiger charge is -2.33. The van der Waals surface area contributed by atoms with Crippen LogP contribution in [0.15, 0.2) is 62.9 Å². The van der Waals surface area contributed by atoms with Crippen molar-refractivity contribution in [1.29, 1.82) is 0 Å². The predicted molar refractivity (Wildman–Crippen MR) is 122 cm³/mol. The quantitative estimate of drug-likeness (QED) is 0.419. The number of aryl methyl sites for hydroxylation is 1. The number of allylic oxidation sites excluding steroid dienone is 1. The molecule has 1 aromatic carbocycles. The van der Waals surface area contributed by atoms with Gasteiger partial charge in [-0.15, -0.1) is 0 Å². The van der Waals surface area contributed by atoms with Crippen LogP contribution in [0.5, 0.6) is 11.8 Å². The van der Waals surface area contributed by atoms with E-state index in [1.807, 2.05) is 12.1 Å². The summed E-state index contributed by atoms with van der Waals surface area (Å²) in [5.74, 6) is 0.941. The third-order valence-corrected chi connectivity index (χ3v) is 6.67. The first kappa shape index (κ1) is 21.5. The SMILES string of the molecule is C=C1SC(=N\c2ccc(C)cc2)/C(=C/Sc2nc(OC)cc(OC)n2)CC1(C)C. The first-order valence-electron chi connectivity index (χ1n) is 9.16. The lowest BCUT2D eigenvalue weighted by Crippen LogP contribution is -2.22. The summed E-state index contributed by atoms with van der Waals surface area (Å²) in [5, 5.41) is 3.60. The summed E-state index contributed by atoms with van der Waals surface area (Å²) >= 11 is 3.07. The molecular formula is C22H25N3O2S2. The van der Waals surface area contributed by atoms with Gasteiger partial charge in [0.25, 0.3) is 0 Å². The van der Waals surface area contributed by atoms with Crippen LogP contribution in [-0.4, -0.2) is 29.2 Å².